The van der Waals surface area contributed by atoms with Gasteiger partial charge in [-0.2, -0.15) is 13.2 Å². The van der Waals surface area contributed by atoms with E-state index in [1.807, 2.05) is 6.92 Å². The average Bonchev–Trinajstić information content (AvgIpc) is 2.88. The Labute approximate surface area is 134 Å². The van der Waals surface area contributed by atoms with Gasteiger partial charge in [-0.05, 0) is 19.4 Å². The van der Waals surface area contributed by atoms with Gasteiger partial charge in [-0.1, -0.05) is 0 Å². The van der Waals surface area contributed by atoms with Crippen molar-refractivity contribution in [3.63, 3.8) is 0 Å². The van der Waals surface area contributed by atoms with Gasteiger partial charge in [0.05, 0.1) is 18.4 Å². The lowest BCUT2D eigenvalue weighted by Crippen LogP contribution is -2.12. The normalized spacial score (nSPS) is 11.3. The molecule has 0 saturated heterocycles. The third kappa shape index (κ3) is 5.51. The lowest BCUT2D eigenvalue weighted by atomic mass is 10.2. The van der Waals surface area contributed by atoms with Crippen LogP contribution in [-0.2, 0) is 11.0 Å². The number of pyridine rings is 1. The monoisotopic (exact) mass is 345 g/mol. The number of halogens is 3. The van der Waals surface area contributed by atoms with Gasteiger partial charge in [-0.15, -0.1) is 11.3 Å². The molecule has 0 unspecified atom stereocenters. The summed E-state index contributed by atoms with van der Waals surface area (Å²) >= 11 is 1.37. The number of alkyl halides is 3. The molecule has 0 atom stereocenters. The zero-order valence-electron chi connectivity index (χ0n) is 12.2. The van der Waals surface area contributed by atoms with Crippen LogP contribution in [0.3, 0.4) is 0 Å². The van der Waals surface area contributed by atoms with Crippen molar-refractivity contribution in [2.45, 2.75) is 25.9 Å². The highest BCUT2D eigenvalue weighted by atomic mass is 32.1. The fourth-order valence-corrected chi connectivity index (χ4v) is 2.35. The summed E-state index contributed by atoms with van der Waals surface area (Å²) in [5.74, 6) is -0.194. The summed E-state index contributed by atoms with van der Waals surface area (Å²) in [7, 11) is 0. The van der Waals surface area contributed by atoms with Gasteiger partial charge in [0.25, 0.3) is 0 Å². The van der Waals surface area contributed by atoms with E-state index in [0.29, 0.717) is 11.6 Å². The Hall–Kier alpha value is -2.16. The van der Waals surface area contributed by atoms with E-state index in [1.165, 1.54) is 17.5 Å². The van der Waals surface area contributed by atoms with Gasteiger partial charge in [0, 0.05) is 23.7 Å². The number of rotatable bonds is 6. The highest BCUT2D eigenvalue weighted by Crippen LogP contribution is 2.30. The van der Waals surface area contributed by atoms with Gasteiger partial charge in [-0.3, -0.25) is 9.78 Å². The van der Waals surface area contributed by atoms with Gasteiger partial charge >= 0.3 is 6.18 Å². The number of hydrogen-bond acceptors (Lipinski definition) is 5. The van der Waals surface area contributed by atoms with Crippen LogP contribution in [0, 0.1) is 6.92 Å². The molecule has 0 aliphatic heterocycles. The zero-order valence-corrected chi connectivity index (χ0v) is 13.0. The molecule has 0 spiro atoms. The number of anilines is 1. The molecule has 0 radical (unpaired) electrons. The summed E-state index contributed by atoms with van der Waals surface area (Å²) in [5.41, 5.74) is -0.869. The summed E-state index contributed by atoms with van der Waals surface area (Å²) in [4.78, 5) is 20.1. The number of aryl methyl sites for hydroxylation is 1. The van der Waals surface area contributed by atoms with E-state index in [-0.39, 0.29) is 24.7 Å². The first kappa shape index (κ1) is 17.2. The van der Waals surface area contributed by atoms with Crippen molar-refractivity contribution in [2.75, 3.05) is 11.9 Å². The number of carbonyl (C=O) groups is 1. The summed E-state index contributed by atoms with van der Waals surface area (Å²) in [6, 6.07) is 0.880. The number of ether oxygens (including phenoxy) is 1. The van der Waals surface area contributed by atoms with E-state index in [9.17, 15) is 18.0 Å². The Morgan fingerprint density at radius 3 is 2.78 bits per heavy atom. The van der Waals surface area contributed by atoms with Crippen LogP contribution in [0.2, 0.25) is 0 Å². The molecule has 23 heavy (non-hydrogen) atoms. The number of aromatic nitrogens is 2. The second-order valence-electron chi connectivity index (χ2n) is 4.68. The highest BCUT2D eigenvalue weighted by molar-refractivity contribution is 7.15. The Morgan fingerprint density at radius 1 is 1.35 bits per heavy atom. The highest BCUT2D eigenvalue weighted by Gasteiger charge is 2.31. The molecule has 0 aromatic carbocycles. The minimum atomic E-state index is -4.46. The predicted octanol–water partition coefficient (Wildman–Crippen LogP) is 3.66. The molecule has 2 rings (SSSR count). The molecular formula is C14H14F3N3O2S. The molecule has 9 heteroatoms. The van der Waals surface area contributed by atoms with Crippen LogP contribution in [0.4, 0.5) is 18.3 Å². The maximum absolute atomic E-state index is 12.5. The van der Waals surface area contributed by atoms with Gasteiger partial charge in [-0.25, -0.2) is 4.98 Å². The van der Waals surface area contributed by atoms with E-state index in [0.717, 1.165) is 17.1 Å². The minimum Gasteiger partial charge on any atom is -0.492 e. The first-order valence-corrected chi connectivity index (χ1v) is 7.53. The lowest BCUT2D eigenvalue weighted by Gasteiger charge is -2.09. The SMILES string of the molecule is Cc1cnc(NC(=O)CCCOc2cncc(C(F)(F)F)c2)s1. The fraction of sp³-hybridized carbons (Fsp3) is 0.357. The number of amides is 1. The summed E-state index contributed by atoms with van der Waals surface area (Å²) < 4.78 is 42.7. The molecule has 2 aromatic rings. The molecule has 0 saturated carbocycles. The maximum Gasteiger partial charge on any atom is 0.418 e. The Morgan fingerprint density at radius 2 is 2.13 bits per heavy atom. The molecule has 0 aliphatic carbocycles. The quantitative estimate of drug-likeness (QED) is 0.812. The molecule has 1 N–H and O–H groups in total. The van der Waals surface area contributed by atoms with Crippen LogP contribution >= 0.6 is 11.3 Å². The molecule has 0 fully saturated rings. The molecule has 124 valence electrons. The van der Waals surface area contributed by atoms with Crippen molar-refractivity contribution in [3.8, 4) is 5.75 Å². The van der Waals surface area contributed by atoms with Crippen molar-refractivity contribution < 1.29 is 22.7 Å². The number of nitrogens with zero attached hydrogens (tertiary/aromatic N) is 2. The first-order valence-electron chi connectivity index (χ1n) is 6.72. The van der Waals surface area contributed by atoms with E-state index in [4.69, 9.17) is 4.74 Å². The molecule has 0 aliphatic rings. The van der Waals surface area contributed by atoms with Crippen molar-refractivity contribution >= 4 is 22.4 Å². The van der Waals surface area contributed by atoms with Crippen LogP contribution in [0.5, 0.6) is 5.75 Å². The summed E-state index contributed by atoms with van der Waals surface area (Å²) in [5, 5.41) is 3.17. The average molecular weight is 345 g/mol. The van der Waals surface area contributed by atoms with E-state index in [2.05, 4.69) is 15.3 Å². The number of thiazole rings is 1. The second-order valence-corrected chi connectivity index (χ2v) is 5.92. The second kappa shape index (κ2) is 7.40. The van der Waals surface area contributed by atoms with Gasteiger partial charge in [0.1, 0.15) is 5.75 Å². The first-order chi connectivity index (χ1) is 10.8. The van der Waals surface area contributed by atoms with E-state index < -0.39 is 11.7 Å². The minimum absolute atomic E-state index is 0.0239. The van der Waals surface area contributed by atoms with Crippen molar-refractivity contribution in [1.29, 1.82) is 0 Å². The molecule has 0 bridgehead atoms. The molecule has 5 nitrogen and oxygen atoms in total. The van der Waals surface area contributed by atoms with Crippen LogP contribution < -0.4 is 10.1 Å². The van der Waals surface area contributed by atoms with Crippen LogP contribution in [0.15, 0.2) is 24.7 Å². The number of carbonyl (C=O) groups excluding carboxylic acids is 1. The Kier molecular flexibility index (Phi) is 5.54. The topological polar surface area (TPSA) is 64.1 Å². The third-order valence-corrected chi connectivity index (χ3v) is 3.55. The van der Waals surface area contributed by atoms with E-state index in [1.54, 1.807) is 6.20 Å². The van der Waals surface area contributed by atoms with Crippen LogP contribution in [0.25, 0.3) is 0 Å². The summed E-state index contributed by atoms with van der Waals surface area (Å²) in [6.45, 7) is 2.00. The van der Waals surface area contributed by atoms with Gasteiger partial charge in [0.15, 0.2) is 5.13 Å². The standard InChI is InChI=1S/C14H14F3N3O2S/c1-9-6-19-13(23-9)20-12(21)3-2-4-22-11-5-10(7-18-8-11)14(15,16)17/h5-8H,2-4H2,1H3,(H,19,20,21). The number of nitrogens with one attached hydrogen (secondary N) is 1. The fourth-order valence-electron chi connectivity index (χ4n) is 1.67. The van der Waals surface area contributed by atoms with Gasteiger partial charge < -0.3 is 10.1 Å². The zero-order chi connectivity index (χ0) is 16.9. The third-order valence-electron chi connectivity index (χ3n) is 2.73. The molecular weight excluding hydrogens is 331 g/mol. The van der Waals surface area contributed by atoms with Crippen LogP contribution in [0.1, 0.15) is 23.3 Å². The smallest absolute Gasteiger partial charge is 0.418 e. The van der Waals surface area contributed by atoms with Crippen molar-refractivity contribution in [2.24, 2.45) is 0 Å². The maximum atomic E-state index is 12.5. The van der Waals surface area contributed by atoms with Gasteiger partial charge in [0.2, 0.25) is 5.91 Å². The van der Waals surface area contributed by atoms with Crippen LogP contribution in [-0.4, -0.2) is 22.5 Å². The number of hydrogen-bond donors (Lipinski definition) is 1. The van der Waals surface area contributed by atoms with E-state index >= 15 is 0 Å². The molecule has 2 aromatic heterocycles. The Balaban J connectivity index is 1.74. The molecule has 1 amide bonds. The predicted molar refractivity (Wildman–Crippen MR) is 79.4 cm³/mol. The lowest BCUT2D eigenvalue weighted by molar-refractivity contribution is -0.138. The van der Waals surface area contributed by atoms with Crippen molar-refractivity contribution in [1.82, 2.24) is 9.97 Å². The largest absolute Gasteiger partial charge is 0.492 e. The summed E-state index contributed by atoms with van der Waals surface area (Å²) in [6.07, 6.45) is -0.316. The molecule has 2 heterocycles. The Bertz CT molecular complexity index is 673. The van der Waals surface area contributed by atoms with Crippen molar-refractivity contribution in [3.05, 3.63) is 35.1 Å².